The molecule has 0 unspecified atom stereocenters. The smallest absolute Gasteiger partial charge is 0.318 e. The number of halogens is 1. The highest BCUT2D eigenvalue weighted by Crippen LogP contribution is 2.36. The van der Waals surface area contributed by atoms with E-state index in [2.05, 4.69) is 64.1 Å². The van der Waals surface area contributed by atoms with Crippen LogP contribution in [0.15, 0.2) is 48.6 Å². The zero-order valence-corrected chi connectivity index (χ0v) is 26.8. The van der Waals surface area contributed by atoms with Crippen LogP contribution in [0.3, 0.4) is 0 Å². The van der Waals surface area contributed by atoms with E-state index in [0.717, 1.165) is 49.7 Å². The highest BCUT2D eigenvalue weighted by molar-refractivity contribution is 5.97. The van der Waals surface area contributed by atoms with Crippen LogP contribution in [0.2, 0.25) is 0 Å². The molecular formula is C36H44FN7O2. The lowest BCUT2D eigenvalue weighted by Crippen LogP contribution is -2.55. The topological polar surface area (TPSA) is 88.8 Å². The molecule has 242 valence electrons. The second-order valence-corrected chi connectivity index (χ2v) is 12.5. The number of piperazine rings is 1. The number of likely N-dealkylation sites (tertiary alicyclic amines) is 1. The van der Waals surface area contributed by atoms with Crippen molar-refractivity contribution in [1.82, 2.24) is 19.8 Å². The van der Waals surface area contributed by atoms with Gasteiger partial charge >= 0.3 is 6.01 Å². The number of hydrogen-bond acceptors (Lipinski definition) is 8. The fourth-order valence-corrected chi connectivity index (χ4v) is 7.17. The highest BCUT2D eigenvalue weighted by Gasteiger charge is 2.33. The normalized spacial score (nSPS) is 19.2. The lowest BCUT2D eigenvalue weighted by Gasteiger charge is -2.42. The quantitative estimate of drug-likeness (QED) is 0.300. The van der Waals surface area contributed by atoms with E-state index in [1.807, 2.05) is 0 Å². The third-order valence-electron chi connectivity index (χ3n) is 9.53. The van der Waals surface area contributed by atoms with Crippen molar-refractivity contribution in [1.29, 1.82) is 5.26 Å². The molecule has 0 aliphatic carbocycles. The number of allylic oxidation sites excluding steroid dienone is 1. The molecule has 0 bridgehead atoms. The number of hydrogen-bond donors (Lipinski definition) is 0. The minimum Gasteiger partial charge on any atom is -0.462 e. The van der Waals surface area contributed by atoms with E-state index >= 15 is 0 Å². The third kappa shape index (κ3) is 7.10. The lowest BCUT2D eigenvalue weighted by atomic mass is 9.99. The molecule has 6 rings (SSSR count). The number of aromatic nitrogens is 2. The van der Waals surface area contributed by atoms with Gasteiger partial charge in [0.15, 0.2) is 0 Å². The number of nitriles is 1. The lowest BCUT2D eigenvalue weighted by molar-refractivity contribution is -0.128. The minimum atomic E-state index is -0.697. The maximum Gasteiger partial charge on any atom is 0.318 e. The van der Waals surface area contributed by atoms with Gasteiger partial charge in [0.25, 0.3) is 0 Å². The largest absolute Gasteiger partial charge is 0.462 e. The van der Waals surface area contributed by atoms with Gasteiger partial charge in [0.1, 0.15) is 19.1 Å². The molecular weight excluding hydrogens is 581 g/mol. The first kappa shape index (κ1) is 31.7. The van der Waals surface area contributed by atoms with Gasteiger partial charge in [-0.25, -0.2) is 4.39 Å². The zero-order valence-electron chi connectivity index (χ0n) is 26.8. The molecule has 1 amide bonds. The summed E-state index contributed by atoms with van der Waals surface area (Å²) in [6.45, 7) is 7.92. The van der Waals surface area contributed by atoms with Gasteiger partial charge in [-0.05, 0) is 62.4 Å². The number of carbonyl (C=O) groups is 1. The van der Waals surface area contributed by atoms with Crippen molar-refractivity contribution in [2.45, 2.75) is 58.0 Å². The summed E-state index contributed by atoms with van der Waals surface area (Å²) in [5.41, 5.74) is 4.50. The van der Waals surface area contributed by atoms with Crippen LogP contribution >= 0.6 is 0 Å². The number of fused-ring (bicyclic) bond motifs is 2. The number of ether oxygens (including phenoxy) is 1. The molecule has 0 radical (unpaired) electrons. The summed E-state index contributed by atoms with van der Waals surface area (Å²) in [5.74, 6) is 0.568. The van der Waals surface area contributed by atoms with Crippen LogP contribution in [0, 0.1) is 18.3 Å². The van der Waals surface area contributed by atoms with E-state index in [1.165, 1.54) is 59.9 Å². The number of amides is 1. The van der Waals surface area contributed by atoms with E-state index in [0.29, 0.717) is 38.8 Å². The molecule has 3 aliphatic rings. The maximum atomic E-state index is 12.8. The molecule has 2 aromatic carbocycles. The first-order valence-corrected chi connectivity index (χ1v) is 16.7. The summed E-state index contributed by atoms with van der Waals surface area (Å²) in [7, 11) is 0. The van der Waals surface area contributed by atoms with Gasteiger partial charge in [-0.1, -0.05) is 43.2 Å². The average molecular weight is 626 g/mol. The number of carbonyl (C=O) groups excluding carboxylic acids is 1. The number of alkyl halides is 1. The van der Waals surface area contributed by atoms with Crippen molar-refractivity contribution >= 4 is 28.2 Å². The molecule has 2 saturated heterocycles. The standard InChI is InChI=1S/C36H44FN7O2/c1-27-9-6-10-28-11-7-12-32(34(27)28)42-20-15-30-31(26-42)39-36(46-24-23-41-18-4-2-3-5-19-41)40-35(30)43-21-22-44(29(25-43)14-17-38)33(45)13-8-16-37/h6-13,29H,2-5,14-16,18-26H2,1H3/b13-8+/t29-/m0/s1. The second-order valence-electron chi connectivity index (χ2n) is 12.5. The Morgan fingerprint density at radius 2 is 1.85 bits per heavy atom. The Labute approximate surface area is 271 Å². The Hall–Kier alpha value is -4.23. The Bertz CT molecular complexity index is 1590. The third-order valence-corrected chi connectivity index (χ3v) is 9.53. The van der Waals surface area contributed by atoms with Crippen molar-refractivity contribution in [3.8, 4) is 12.1 Å². The monoisotopic (exact) mass is 625 g/mol. The Balaban J connectivity index is 1.29. The van der Waals surface area contributed by atoms with E-state index in [-0.39, 0.29) is 18.4 Å². The molecule has 3 aliphatic heterocycles. The molecule has 4 heterocycles. The predicted molar refractivity (Wildman–Crippen MR) is 179 cm³/mol. The Morgan fingerprint density at radius 1 is 1.04 bits per heavy atom. The van der Waals surface area contributed by atoms with Crippen LogP contribution in [0.5, 0.6) is 6.01 Å². The van der Waals surface area contributed by atoms with Crippen molar-refractivity contribution in [2.75, 3.05) is 68.9 Å². The second kappa shape index (κ2) is 14.9. The minimum absolute atomic E-state index is 0.187. The first-order valence-electron chi connectivity index (χ1n) is 16.7. The van der Waals surface area contributed by atoms with E-state index < -0.39 is 6.67 Å². The molecule has 1 atom stereocenters. The van der Waals surface area contributed by atoms with E-state index in [1.54, 1.807) is 4.90 Å². The van der Waals surface area contributed by atoms with Crippen molar-refractivity contribution in [3.63, 3.8) is 0 Å². The van der Waals surface area contributed by atoms with Crippen LogP contribution in [0.25, 0.3) is 10.8 Å². The van der Waals surface area contributed by atoms with E-state index in [9.17, 15) is 14.4 Å². The zero-order chi connectivity index (χ0) is 31.9. The van der Waals surface area contributed by atoms with Crippen molar-refractivity contribution in [3.05, 3.63) is 65.4 Å². The molecule has 10 heteroatoms. The highest BCUT2D eigenvalue weighted by atomic mass is 19.1. The van der Waals surface area contributed by atoms with Crippen LogP contribution in [-0.4, -0.2) is 90.8 Å². The maximum absolute atomic E-state index is 12.8. The van der Waals surface area contributed by atoms with Gasteiger partial charge < -0.3 is 19.4 Å². The van der Waals surface area contributed by atoms with Gasteiger partial charge in [-0.3, -0.25) is 9.69 Å². The van der Waals surface area contributed by atoms with Gasteiger partial charge in [0.05, 0.1) is 30.8 Å². The van der Waals surface area contributed by atoms with Crippen molar-refractivity contribution in [2.24, 2.45) is 0 Å². The summed E-state index contributed by atoms with van der Waals surface area (Å²) < 4.78 is 19.0. The van der Waals surface area contributed by atoms with E-state index in [4.69, 9.17) is 14.7 Å². The molecule has 0 N–H and O–H groups in total. The average Bonchev–Trinajstić information content (AvgIpc) is 3.35. The summed E-state index contributed by atoms with van der Waals surface area (Å²) in [4.78, 5) is 31.6. The molecule has 46 heavy (non-hydrogen) atoms. The number of benzene rings is 2. The number of nitrogens with zero attached hydrogens (tertiary/aromatic N) is 7. The van der Waals surface area contributed by atoms with Gasteiger partial charge in [-0.15, -0.1) is 0 Å². The van der Waals surface area contributed by atoms with Gasteiger partial charge in [-0.2, -0.15) is 15.2 Å². The molecule has 0 spiro atoms. The van der Waals surface area contributed by atoms with Gasteiger partial charge in [0, 0.05) is 55.4 Å². The first-order chi connectivity index (χ1) is 22.6. The molecule has 0 saturated carbocycles. The predicted octanol–water partition coefficient (Wildman–Crippen LogP) is 5.21. The Kier molecular flexibility index (Phi) is 10.3. The van der Waals surface area contributed by atoms with Gasteiger partial charge in [0.2, 0.25) is 5.91 Å². The van der Waals surface area contributed by atoms with Crippen LogP contribution in [0.1, 0.15) is 48.9 Å². The van der Waals surface area contributed by atoms with Crippen LogP contribution in [-0.2, 0) is 17.8 Å². The fourth-order valence-electron chi connectivity index (χ4n) is 7.17. The summed E-state index contributed by atoms with van der Waals surface area (Å²) >= 11 is 0. The van der Waals surface area contributed by atoms with Crippen molar-refractivity contribution < 1.29 is 13.9 Å². The number of rotatable bonds is 9. The SMILES string of the molecule is Cc1cccc2cccc(N3CCc4c(nc(OCCN5CCCCCC5)nc4N4CCN(C(=O)/C=C/CF)[C@@H](CC#N)C4)C3)c12. The Morgan fingerprint density at radius 3 is 2.63 bits per heavy atom. The number of aryl methyl sites for hydroxylation is 1. The molecule has 3 aromatic rings. The molecule has 1 aromatic heterocycles. The van der Waals surface area contributed by atoms with Crippen LogP contribution in [0.4, 0.5) is 15.9 Å². The summed E-state index contributed by atoms with van der Waals surface area (Å²) in [5, 5.41) is 12.1. The molecule has 2 fully saturated rings. The summed E-state index contributed by atoms with van der Waals surface area (Å²) in [6, 6.07) is 15.2. The van der Waals surface area contributed by atoms with Crippen LogP contribution < -0.4 is 14.5 Å². The number of anilines is 2. The fraction of sp³-hybridized carbons (Fsp3) is 0.500. The summed E-state index contributed by atoms with van der Waals surface area (Å²) in [6.07, 6.45) is 8.48. The molecule has 9 nitrogen and oxygen atoms in total.